The second kappa shape index (κ2) is 5.27. The van der Waals surface area contributed by atoms with Crippen LogP contribution in [0.3, 0.4) is 0 Å². The Morgan fingerprint density at radius 3 is 2.50 bits per heavy atom. The maximum atomic E-state index is 9.85. The number of rotatable bonds is 4. The first-order valence-corrected chi connectivity index (χ1v) is 5.28. The van der Waals surface area contributed by atoms with E-state index < -0.39 is 0 Å². The van der Waals surface area contributed by atoms with E-state index in [9.17, 15) is 5.11 Å². The molecule has 0 fully saturated rings. The van der Waals surface area contributed by atoms with Gasteiger partial charge in [-0.25, -0.2) is 0 Å². The summed E-state index contributed by atoms with van der Waals surface area (Å²) in [6.45, 7) is 2.27. The van der Waals surface area contributed by atoms with E-state index in [4.69, 9.17) is 26.8 Å². The van der Waals surface area contributed by atoms with Gasteiger partial charge in [-0.05, 0) is 12.5 Å². The van der Waals surface area contributed by atoms with Gasteiger partial charge in [-0.1, -0.05) is 18.5 Å². The Hall–Kier alpha value is -1.13. The van der Waals surface area contributed by atoms with Gasteiger partial charge in [0, 0.05) is 11.6 Å². The fraction of sp³-hybridized carbons (Fsp3) is 0.455. The van der Waals surface area contributed by atoms with E-state index >= 15 is 0 Å². The van der Waals surface area contributed by atoms with Gasteiger partial charge in [-0.15, -0.1) is 0 Å². The highest BCUT2D eigenvalue weighted by Crippen LogP contribution is 2.44. The molecule has 0 saturated heterocycles. The molecular weight excluding hydrogens is 230 g/mol. The summed E-state index contributed by atoms with van der Waals surface area (Å²) in [4.78, 5) is 0. The third-order valence-corrected chi connectivity index (χ3v) is 2.85. The normalized spacial score (nSPS) is 12.3. The molecule has 4 nitrogen and oxygen atoms in total. The Kier molecular flexibility index (Phi) is 4.26. The van der Waals surface area contributed by atoms with E-state index in [1.54, 1.807) is 0 Å². The standard InChI is InChI=1S/C11H16ClNO3/c1-6(5-13)9-7(14)4-8(15-2)11(16-3)10(9)12/h4,6,14H,5,13H2,1-3H3. The van der Waals surface area contributed by atoms with Crippen molar-refractivity contribution in [2.24, 2.45) is 5.73 Å². The number of hydrogen-bond donors (Lipinski definition) is 2. The van der Waals surface area contributed by atoms with Crippen LogP contribution in [-0.2, 0) is 0 Å². The fourth-order valence-corrected chi connectivity index (χ4v) is 1.99. The first kappa shape index (κ1) is 12.9. The van der Waals surface area contributed by atoms with E-state index in [0.717, 1.165) is 0 Å². The van der Waals surface area contributed by atoms with Gasteiger partial charge in [0.05, 0.1) is 19.2 Å². The predicted molar refractivity (Wildman–Crippen MR) is 63.7 cm³/mol. The summed E-state index contributed by atoms with van der Waals surface area (Å²) in [5.74, 6) is 0.836. The summed E-state index contributed by atoms with van der Waals surface area (Å²) in [7, 11) is 2.98. The molecule has 1 atom stereocenters. The molecule has 0 aliphatic carbocycles. The molecule has 16 heavy (non-hydrogen) atoms. The zero-order valence-electron chi connectivity index (χ0n) is 9.58. The first-order valence-electron chi connectivity index (χ1n) is 4.90. The van der Waals surface area contributed by atoms with Gasteiger partial charge in [0.15, 0.2) is 11.5 Å². The molecule has 0 aliphatic rings. The summed E-state index contributed by atoms with van der Waals surface area (Å²) in [6, 6.07) is 1.48. The molecule has 0 radical (unpaired) electrons. The molecule has 0 spiro atoms. The lowest BCUT2D eigenvalue weighted by Crippen LogP contribution is -2.10. The van der Waals surface area contributed by atoms with Crippen LogP contribution in [0.1, 0.15) is 18.4 Å². The lowest BCUT2D eigenvalue weighted by Gasteiger charge is -2.17. The molecule has 0 saturated carbocycles. The summed E-state index contributed by atoms with van der Waals surface area (Å²) in [6.07, 6.45) is 0. The average Bonchev–Trinajstić information content (AvgIpc) is 2.27. The lowest BCUT2D eigenvalue weighted by molar-refractivity contribution is 0.350. The highest BCUT2D eigenvalue weighted by molar-refractivity contribution is 6.33. The maximum Gasteiger partial charge on any atom is 0.179 e. The van der Waals surface area contributed by atoms with Crippen LogP contribution in [0.25, 0.3) is 0 Å². The molecule has 1 rings (SSSR count). The van der Waals surface area contributed by atoms with Crippen molar-refractivity contribution in [3.05, 3.63) is 16.7 Å². The van der Waals surface area contributed by atoms with Crippen molar-refractivity contribution in [2.45, 2.75) is 12.8 Å². The summed E-state index contributed by atoms with van der Waals surface area (Å²) >= 11 is 6.15. The van der Waals surface area contributed by atoms with Gasteiger partial charge >= 0.3 is 0 Å². The van der Waals surface area contributed by atoms with Crippen molar-refractivity contribution >= 4 is 11.6 Å². The highest BCUT2D eigenvalue weighted by atomic mass is 35.5. The molecule has 1 unspecified atom stereocenters. The van der Waals surface area contributed by atoms with Crippen molar-refractivity contribution in [1.82, 2.24) is 0 Å². The van der Waals surface area contributed by atoms with Crippen molar-refractivity contribution < 1.29 is 14.6 Å². The molecule has 3 N–H and O–H groups in total. The number of phenolic OH excluding ortho intramolecular Hbond substituents is 1. The number of halogens is 1. The molecule has 0 heterocycles. The minimum absolute atomic E-state index is 0.0488. The van der Waals surface area contributed by atoms with Gasteiger partial charge in [-0.2, -0.15) is 0 Å². The average molecular weight is 246 g/mol. The number of methoxy groups -OCH3 is 2. The van der Waals surface area contributed by atoms with Gasteiger partial charge < -0.3 is 20.3 Å². The predicted octanol–water partition coefficient (Wildman–Crippen LogP) is 2.12. The van der Waals surface area contributed by atoms with Crippen molar-refractivity contribution in [1.29, 1.82) is 0 Å². The number of aromatic hydroxyl groups is 1. The summed E-state index contributed by atoms with van der Waals surface area (Å²) in [5, 5.41) is 10.2. The van der Waals surface area contributed by atoms with Gasteiger partial charge in [-0.3, -0.25) is 0 Å². The number of nitrogens with two attached hydrogens (primary N) is 1. The highest BCUT2D eigenvalue weighted by Gasteiger charge is 2.21. The molecule has 0 aromatic heterocycles. The van der Waals surface area contributed by atoms with Crippen LogP contribution in [-0.4, -0.2) is 25.9 Å². The third-order valence-electron chi connectivity index (χ3n) is 2.47. The molecular formula is C11H16ClNO3. The Bertz CT molecular complexity index is 382. The van der Waals surface area contributed by atoms with Crippen LogP contribution in [0, 0.1) is 0 Å². The second-order valence-corrected chi connectivity index (χ2v) is 3.87. The van der Waals surface area contributed by atoms with Crippen LogP contribution in [0.15, 0.2) is 6.07 Å². The van der Waals surface area contributed by atoms with E-state index in [2.05, 4.69) is 0 Å². The van der Waals surface area contributed by atoms with E-state index in [1.165, 1.54) is 20.3 Å². The Labute approximate surface area is 99.9 Å². The Morgan fingerprint density at radius 2 is 2.06 bits per heavy atom. The molecule has 90 valence electrons. The topological polar surface area (TPSA) is 64.7 Å². The molecule has 0 amide bonds. The molecule has 0 aliphatic heterocycles. The van der Waals surface area contributed by atoms with Crippen LogP contribution < -0.4 is 15.2 Å². The zero-order chi connectivity index (χ0) is 12.3. The Morgan fingerprint density at radius 1 is 1.44 bits per heavy atom. The van der Waals surface area contributed by atoms with Crippen molar-refractivity contribution in [3.63, 3.8) is 0 Å². The minimum atomic E-state index is -0.0488. The monoisotopic (exact) mass is 245 g/mol. The largest absolute Gasteiger partial charge is 0.507 e. The minimum Gasteiger partial charge on any atom is -0.507 e. The fourth-order valence-electron chi connectivity index (χ4n) is 1.54. The van der Waals surface area contributed by atoms with Gasteiger partial charge in [0.25, 0.3) is 0 Å². The Balaban J connectivity index is 3.40. The quantitative estimate of drug-likeness (QED) is 0.853. The van der Waals surface area contributed by atoms with E-state index in [0.29, 0.717) is 28.6 Å². The van der Waals surface area contributed by atoms with Crippen LogP contribution in [0.2, 0.25) is 5.02 Å². The number of ether oxygens (including phenoxy) is 2. The smallest absolute Gasteiger partial charge is 0.179 e. The van der Waals surface area contributed by atoms with E-state index in [1.807, 2.05) is 6.92 Å². The number of hydrogen-bond acceptors (Lipinski definition) is 4. The summed E-state index contributed by atoms with van der Waals surface area (Å²) in [5.41, 5.74) is 6.15. The second-order valence-electron chi connectivity index (χ2n) is 3.50. The van der Waals surface area contributed by atoms with Crippen LogP contribution >= 0.6 is 11.6 Å². The van der Waals surface area contributed by atoms with Crippen molar-refractivity contribution in [3.8, 4) is 17.2 Å². The zero-order valence-corrected chi connectivity index (χ0v) is 10.3. The van der Waals surface area contributed by atoms with Crippen LogP contribution in [0.5, 0.6) is 17.2 Å². The van der Waals surface area contributed by atoms with E-state index in [-0.39, 0.29) is 11.7 Å². The first-order chi connectivity index (χ1) is 7.56. The summed E-state index contributed by atoms with van der Waals surface area (Å²) < 4.78 is 10.2. The number of phenols is 1. The maximum absolute atomic E-state index is 9.85. The van der Waals surface area contributed by atoms with Gasteiger partial charge in [0.2, 0.25) is 0 Å². The number of benzene rings is 1. The molecule has 1 aromatic carbocycles. The molecule has 5 heteroatoms. The SMILES string of the molecule is COc1cc(O)c(C(C)CN)c(Cl)c1OC. The molecule has 1 aromatic rings. The lowest BCUT2D eigenvalue weighted by atomic mass is 9.99. The van der Waals surface area contributed by atoms with Crippen LogP contribution in [0.4, 0.5) is 0 Å². The molecule has 0 bridgehead atoms. The van der Waals surface area contributed by atoms with Crippen molar-refractivity contribution in [2.75, 3.05) is 20.8 Å². The third kappa shape index (κ3) is 2.18. The van der Waals surface area contributed by atoms with Gasteiger partial charge in [0.1, 0.15) is 5.75 Å².